The van der Waals surface area contributed by atoms with Crippen LogP contribution in [0.3, 0.4) is 0 Å². The monoisotopic (exact) mass is 247 g/mol. The molecule has 3 nitrogen and oxygen atoms in total. The van der Waals surface area contributed by atoms with Gasteiger partial charge < -0.3 is 5.73 Å². The SMILES string of the molecule is Cc1nn(-c2ccc(F)cc2[C@H](C)N)c(C)c1C. The van der Waals surface area contributed by atoms with E-state index in [4.69, 9.17) is 5.73 Å². The summed E-state index contributed by atoms with van der Waals surface area (Å²) in [5, 5.41) is 4.49. The number of halogens is 1. The van der Waals surface area contributed by atoms with Crippen LogP contribution in [0.4, 0.5) is 4.39 Å². The van der Waals surface area contributed by atoms with E-state index in [2.05, 4.69) is 5.10 Å². The molecule has 0 amide bonds. The van der Waals surface area contributed by atoms with Gasteiger partial charge in [0, 0.05) is 11.7 Å². The Bertz CT molecular complexity index is 585. The molecule has 18 heavy (non-hydrogen) atoms. The zero-order chi connectivity index (χ0) is 13.4. The van der Waals surface area contributed by atoms with Crippen molar-refractivity contribution in [1.82, 2.24) is 9.78 Å². The van der Waals surface area contributed by atoms with Crippen molar-refractivity contribution in [2.75, 3.05) is 0 Å². The van der Waals surface area contributed by atoms with E-state index in [-0.39, 0.29) is 11.9 Å². The van der Waals surface area contributed by atoms with Crippen molar-refractivity contribution in [3.05, 3.63) is 46.5 Å². The molecule has 0 aliphatic rings. The Hall–Kier alpha value is -1.68. The van der Waals surface area contributed by atoms with E-state index in [1.165, 1.54) is 12.1 Å². The molecule has 0 unspecified atom stereocenters. The van der Waals surface area contributed by atoms with Crippen LogP contribution in [0, 0.1) is 26.6 Å². The van der Waals surface area contributed by atoms with Crippen LogP contribution >= 0.6 is 0 Å². The highest BCUT2D eigenvalue weighted by molar-refractivity contribution is 5.45. The summed E-state index contributed by atoms with van der Waals surface area (Å²) in [6, 6.07) is 4.41. The number of nitrogens with two attached hydrogens (primary N) is 1. The Morgan fingerprint density at radius 2 is 1.94 bits per heavy atom. The molecular weight excluding hydrogens is 229 g/mol. The third kappa shape index (κ3) is 2.04. The van der Waals surface area contributed by atoms with Gasteiger partial charge in [-0.25, -0.2) is 9.07 Å². The molecule has 0 spiro atoms. The van der Waals surface area contributed by atoms with Gasteiger partial charge in [0.15, 0.2) is 0 Å². The van der Waals surface area contributed by atoms with Crippen molar-refractivity contribution in [3.63, 3.8) is 0 Å². The first kappa shape index (κ1) is 12.8. The van der Waals surface area contributed by atoms with Crippen LogP contribution in [0.1, 0.15) is 35.5 Å². The quantitative estimate of drug-likeness (QED) is 0.886. The van der Waals surface area contributed by atoms with Gasteiger partial charge in [-0.3, -0.25) is 0 Å². The molecule has 2 N–H and O–H groups in total. The maximum Gasteiger partial charge on any atom is 0.123 e. The molecule has 96 valence electrons. The number of nitrogens with zero attached hydrogens (tertiary/aromatic N) is 2. The molecule has 0 fully saturated rings. The van der Waals surface area contributed by atoms with Gasteiger partial charge >= 0.3 is 0 Å². The van der Waals surface area contributed by atoms with Gasteiger partial charge in [0.2, 0.25) is 0 Å². The van der Waals surface area contributed by atoms with Crippen LogP contribution < -0.4 is 5.73 Å². The summed E-state index contributed by atoms with van der Waals surface area (Å²) in [6.07, 6.45) is 0. The normalized spacial score (nSPS) is 12.8. The fraction of sp³-hybridized carbons (Fsp3) is 0.357. The molecule has 1 heterocycles. The van der Waals surface area contributed by atoms with Gasteiger partial charge in [0.05, 0.1) is 11.4 Å². The van der Waals surface area contributed by atoms with Gasteiger partial charge in [0.1, 0.15) is 5.82 Å². The van der Waals surface area contributed by atoms with Gasteiger partial charge in [-0.1, -0.05) is 0 Å². The van der Waals surface area contributed by atoms with Crippen LogP contribution in [-0.4, -0.2) is 9.78 Å². The van der Waals surface area contributed by atoms with E-state index in [0.29, 0.717) is 0 Å². The van der Waals surface area contributed by atoms with Gasteiger partial charge in [-0.05, 0) is 57.0 Å². The number of aryl methyl sites for hydroxylation is 1. The lowest BCUT2D eigenvalue weighted by Crippen LogP contribution is -2.12. The molecule has 0 aliphatic heterocycles. The van der Waals surface area contributed by atoms with Crippen molar-refractivity contribution >= 4 is 0 Å². The average Bonchev–Trinajstić information content (AvgIpc) is 2.57. The number of benzene rings is 1. The van der Waals surface area contributed by atoms with Crippen LogP contribution in [0.15, 0.2) is 18.2 Å². The summed E-state index contributed by atoms with van der Waals surface area (Å²) >= 11 is 0. The van der Waals surface area contributed by atoms with Gasteiger partial charge in [0.25, 0.3) is 0 Å². The zero-order valence-electron chi connectivity index (χ0n) is 11.2. The molecule has 1 aromatic carbocycles. The number of hydrogen-bond donors (Lipinski definition) is 1. The fourth-order valence-electron chi connectivity index (χ4n) is 2.04. The summed E-state index contributed by atoms with van der Waals surface area (Å²) in [5.41, 5.74) is 10.7. The molecule has 0 saturated carbocycles. The maximum atomic E-state index is 13.3. The molecule has 4 heteroatoms. The van der Waals surface area contributed by atoms with E-state index in [0.717, 1.165) is 28.2 Å². The highest BCUT2D eigenvalue weighted by atomic mass is 19.1. The first-order valence-electron chi connectivity index (χ1n) is 6.00. The van der Waals surface area contributed by atoms with Gasteiger partial charge in [-0.15, -0.1) is 0 Å². The third-order valence-electron chi connectivity index (χ3n) is 3.36. The van der Waals surface area contributed by atoms with Crippen LogP contribution in [0.2, 0.25) is 0 Å². The Morgan fingerprint density at radius 3 is 2.44 bits per heavy atom. The fourth-order valence-corrected chi connectivity index (χ4v) is 2.04. The Morgan fingerprint density at radius 1 is 1.28 bits per heavy atom. The molecule has 1 atom stereocenters. The maximum absolute atomic E-state index is 13.3. The van der Waals surface area contributed by atoms with E-state index in [1.54, 1.807) is 6.07 Å². The summed E-state index contributed by atoms with van der Waals surface area (Å²) in [4.78, 5) is 0. The van der Waals surface area contributed by atoms with Crippen LogP contribution in [0.5, 0.6) is 0 Å². The first-order valence-corrected chi connectivity index (χ1v) is 6.00. The minimum atomic E-state index is -0.274. The molecule has 2 rings (SSSR count). The number of hydrogen-bond acceptors (Lipinski definition) is 2. The second-order valence-corrected chi connectivity index (χ2v) is 4.70. The summed E-state index contributed by atoms with van der Waals surface area (Å²) in [5.74, 6) is -0.274. The number of aromatic nitrogens is 2. The van der Waals surface area contributed by atoms with Crippen LogP contribution in [-0.2, 0) is 0 Å². The second kappa shape index (κ2) is 4.53. The third-order valence-corrected chi connectivity index (χ3v) is 3.36. The van der Waals surface area contributed by atoms with E-state index in [9.17, 15) is 4.39 Å². The van der Waals surface area contributed by atoms with E-state index >= 15 is 0 Å². The predicted molar refractivity (Wildman–Crippen MR) is 70.3 cm³/mol. The Balaban J connectivity index is 2.67. The molecule has 0 bridgehead atoms. The summed E-state index contributed by atoms with van der Waals surface area (Å²) in [7, 11) is 0. The molecular formula is C14H18FN3. The van der Waals surface area contributed by atoms with Crippen molar-refractivity contribution in [2.24, 2.45) is 5.73 Å². The highest BCUT2D eigenvalue weighted by Crippen LogP contribution is 2.24. The van der Waals surface area contributed by atoms with E-state index in [1.807, 2.05) is 32.4 Å². The molecule has 0 saturated heterocycles. The highest BCUT2D eigenvalue weighted by Gasteiger charge is 2.14. The Labute approximate surface area is 106 Å². The smallest absolute Gasteiger partial charge is 0.123 e. The van der Waals surface area contributed by atoms with Crippen molar-refractivity contribution in [2.45, 2.75) is 33.7 Å². The zero-order valence-corrected chi connectivity index (χ0v) is 11.2. The average molecular weight is 247 g/mol. The predicted octanol–water partition coefficient (Wildman–Crippen LogP) is 2.96. The largest absolute Gasteiger partial charge is 0.324 e. The lowest BCUT2D eigenvalue weighted by atomic mass is 10.1. The second-order valence-electron chi connectivity index (χ2n) is 4.70. The summed E-state index contributed by atoms with van der Waals surface area (Å²) < 4.78 is 15.2. The molecule has 1 aromatic heterocycles. The van der Waals surface area contributed by atoms with Crippen molar-refractivity contribution in [1.29, 1.82) is 0 Å². The lowest BCUT2D eigenvalue weighted by Gasteiger charge is -2.14. The van der Waals surface area contributed by atoms with Crippen LogP contribution in [0.25, 0.3) is 5.69 Å². The molecule has 0 radical (unpaired) electrons. The minimum absolute atomic E-state index is 0.236. The standard InChI is InChI=1S/C14H18FN3/c1-8-10(3)17-18(11(8)4)14-6-5-12(15)7-13(14)9(2)16/h5-7,9H,16H2,1-4H3/t9-/m0/s1. The Kier molecular flexibility index (Phi) is 3.22. The molecule has 0 aliphatic carbocycles. The first-order chi connectivity index (χ1) is 8.41. The lowest BCUT2D eigenvalue weighted by molar-refractivity contribution is 0.620. The van der Waals surface area contributed by atoms with Crippen molar-refractivity contribution < 1.29 is 4.39 Å². The van der Waals surface area contributed by atoms with Crippen molar-refractivity contribution in [3.8, 4) is 5.69 Å². The number of rotatable bonds is 2. The topological polar surface area (TPSA) is 43.8 Å². The van der Waals surface area contributed by atoms with Gasteiger partial charge in [-0.2, -0.15) is 5.10 Å². The molecule has 2 aromatic rings. The minimum Gasteiger partial charge on any atom is -0.324 e. The summed E-state index contributed by atoms with van der Waals surface area (Å²) in [6.45, 7) is 7.84. The van der Waals surface area contributed by atoms with E-state index < -0.39 is 0 Å².